The first-order valence-corrected chi connectivity index (χ1v) is 13.7. The number of aliphatic carboxylic acids is 1. The Bertz CT molecular complexity index is 1610. The van der Waals surface area contributed by atoms with Crippen LogP contribution in [0.15, 0.2) is 60.7 Å². The number of benzene rings is 3. The average Bonchev–Trinajstić information content (AvgIpc) is 3.56. The Morgan fingerprint density at radius 2 is 1.73 bits per heavy atom. The second-order valence-corrected chi connectivity index (χ2v) is 10.6. The monoisotopic (exact) mass is 577 g/mol. The van der Waals surface area contributed by atoms with Gasteiger partial charge in [0.15, 0.2) is 11.5 Å². The summed E-state index contributed by atoms with van der Waals surface area (Å²) in [5.41, 5.74) is 6.02. The number of aryl methyl sites for hydroxylation is 1. The quantitative estimate of drug-likeness (QED) is 0.278. The van der Waals surface area contributed by atoms with Crippen molar-refractivity contribution >= 4 is 35.1 Å². The molecule has 10 heteroatoms. The van der Waals surface area contributed by atoms with Crippen molar-refractivity contribution in [2.75, 3.05) is 19.8 Å². The second kappa shape index (κ2) is 10.9. The molecular weight excluding hydrogens is 553 g/mol. The van der Waals surface area contributed by atoms with E-state index >= 15 is 0 Å². The molecule has 0 saturated heterocycles. The number of nitrogens with one attached hydrogen (secondary N) is 1. The molecule has 2 aliphatic rings. The fourth-order valence-corrected chi connectivity index (χ4v) is 5.79. The van der Waals surface area contributed by atoms with E-state index in [-0.39, 0.29) is 24.9 Å². The summed E-state index contributed by atoms with van der Waals surface area (Å²) in [7, 11) is 0. The zero-order valence-electron chi connectivity index (χ0n) is 21.3. The molecule has 0 radical (unpaired) electrons. The van der Waals surface area contributed by atoms with Gasteiger partial charge < -0.3 is 19.9 Å². The molecule has 1 atom stereocenters. The lowest BCUT2D eigenvalue weighted by atomic mass is 10.0. The van der Waals surface area contributed by atoms with Crippen LogP contribution in [0, 0.1) is 0 Å². The van der Waals surface area contributed by atoms with Crippen LogP contribution in [-0.4, -0.2) is 46.5 Å². The van der Waals surface area contributed by atoms with Crippen LogP contribution >= 0.6 is 23.2 Å². The molecular formula is C30H25Cl2N3O5. The Balaban J connectivity index is 1.38. The molecule has 8 nitrogen and oxygen atoms in total. The summed E-state index contributed by atoms with van der Waals surface area (Å²) in [5, 5.41) is 17.6. The molecule has 1 amide bonds. The molecule has 204 valence electrons. The third kappa shape index (κ3) is 5.24. The first kappa shape index (κ1) is 26.2. The molecule has 6 rings (SSSR count). The average molecular weight is 578 g/mol. The largest absolute Gasteiger partial charge is 0.486 e. The summed E-state index contributed by atoms with van der Waals surface area (Å²) in [5.74, 6) is 0.158. The van der Waals surface area contributed by atoms with Crippen molar-refractivity contribution in [2.24, 2.45) is 0 Å². The molecule has 4 aromatic rings. The van der Waals surface area contributed by atoms with E-state index < -0.39 is 5.97 Å². The normalized spacial score (nSPS) is 15.5. The van der Waals surface area contributed by atoms with Crippen LogP contribution in [0.5, 0.6) is 11.5 Å². The van der Waals surface area contributed by atoms with E-state index in [2.05, 4.69) is 5.32 Å². The molecule has 2 heterocycles. The molecule has 1 unspecified atom stereocenters. The Morgan fingerprint density at radius 1 is 0.950 bits per heavy atom. The number of carbonyl (C=O) groups is 2. The minimum Gasteiger partial charge on any atom is -0.486 e. The van der Waals surface area contributed by atoms with Gasteiger partial charge in [-0.05, 0) is 78.6 Å². The lowest BCUT2D eigenvalue weighted by Gasteiger charge is -2.20. The van der Waals surface area contributed by atoms with Gasteiger partial charge in [-0.25, -0.2) is 0 Å². The summed E-state index contributed by atoms with van der Waals surface area (Å²) in [4.78, 5) is 23.4. The minimum absolute atomic E-state index is 0.0641. The minimum atomic E-state index is -0.954. The van der Waals surface area contributed by atoms with Gasteiger partial charge in [0.1, 0.15) is 13.2 Å². The maximum Gasteiger partial charge on any atom is 0.305 e. The molecule has 0 bridgehead atoms. The summed E-state index contributed by atoms with van der Waals surface area (Å²) < 4.78 is 13.6. The van der Waals surface area contributed by atoms with Gasteiger partial charge in [-0.1, -0.05) is 29.3 Å². The number of aromatic nitrogens is 2. The molecule has 0 spiro atoms. The Hall–Kier alpha value is -4.01. The highest BCUT2D eigenvalue weighted by atomic mass is 35.5. The summed E-state index contributed by atoms with van der Waals surface area (Å²) in [6, 6.07) is 18.8. The third-order valence-electron chi connectivity index (χ3n) is 7.10. The van der Waals surface area contributed by atoms with Gasteiger partial charge in [-0.15, -0.1) is 0 Å². The Labute approximate surface area is 240 Å². The summed E-state index contributed by atoms with van der Waals surface area (Å²) in [6.45, 7) is 1.09. The number of rotatable bonds is 7. The maximum absolute atomic E-state index is 12.6. The predicted molar refractivity (Wildman–Crippen MR) is 152 cm³/mol. The van der Waals surface area contributed by atoms with Gasteiger partial charge in [0.05, 0.1) is 23.9 Å². The SMILES string of the molecule is O=C(O)CCNC(=O)c1ccc2c(c1)CCC2n1nc(-c2cc(Cl)cc(Cl)c2)cc1-c1ccc2c(c1)OCCO2. The van der Waals surface area contributed by atoms with Gasteiger partial charge in [-0.3, -0.25) is 14.3 Å². The number of hydrogen-bond donors (Lipinski definition) is 2. The van der Waals surface area contributed by atoms with Crippen LogP contribution in [0.1, 0.15) is 40.4 Å². The van der Waals surface area contributed by atoms with Crippen molar-refractivity contribution in [3.8, 4) is 34.0 Å². The first-order chi connectivity index (χ1) is 19.4. The van der Waals surface area contributed by atoms with Crippen molar-refractivity contribution in [3.05, 3.63) is 87.4 Å². The van der Waals surface area contributed by atoms with Gasteiger partial charge in [0, 0.05) is 33.3 Å². The Kier molecular flexibility index (Phi) is 7.12. The van der Waals surface area contributed by atoms with E-state index in [4.69, 9.17) is 42.9 Å². The molecule has 1 aromatic heterocycles. The highest BCUT2D eigenvalue weighted by Crippen LogP contribution is 2.41. The van der Waals surface area contributed by atoms with Crippen molar-refractivity contribution in [3.63, 3.8) is 0 Å². The van der Waals surface area contributed by atoms with Crippen LogP contribution in [-0.2, 0) is 11.2 Å². The van der Waals surface area contributed by atoms with Crippen molar-refractivity contribution < 1.29 is 24.2 Å². The first-order valence-electron chi connectivity index (χ1n) is 12.9. The lowest BCUT2D eigenvalue weighted by molar-refractivity contribution is -0.136. The van der Waals surface area contributed by atoms with Crippen LogP contribution in [0.25, 0.3) is 22.5 Å². The molecule has 3 aromatic carbocycles. The maximum atomic E-state index is 12.6. The van der Waals surface area contributed by atoms with E-state index in [1.165, 1.54) is 0 Å². The predicted octanol–water partition coefficient (Wildman–Crippen LogP) is 6.04. The molecule has 0 fully saturated rings. The number of hydrogen-bond acceptors (Lipinski definition) is 5. The van der Waals surface area contributed by atoms with Crippen LogP contribution in [0.4, 0.5) is 0 Å². The van der Waals surface area contributed by atoms with E-state index in [0.29, 0.717) is 40.3 Å². The van der Waals surface area contributed by atoms with Crippen molar-refractivity contribution in [1.82, 2.24) is 15.1 Å². The van der Waals surface area contributed by atoms with Crippen LogP contribution in [0.2, 0.25) is 10.0 Å². The van der Waals surface area contributed by atoms with E-state index in [1.807, 2.05) is 53.2 Å². The van der Waals surface area contributed by atoms with E-state index in [1.54, 1.807) is 12.1 Å². The summed E-state index contributed by atoms with van der Waals surface area (Å²) in [6.07, 6.45) is 1.45. The van der Waals surface area contributed by atoms with E-state index in [0.717, 1.165) is 46.5 Å². The van der Waals surface area contributed by atoms with Gasteiger partial charge >= 0.3 is 5.97 Å². The third-order valence-corrected chi connectivity index (χ3v) is 7.54. The molecule has 40 heavy (non-hydrogen) atoms. The number of carboxylic acids is 1. The standard InChI is InChI=1S/C30H25Cl2N3O5/c31-21-12-20(13-22(32)15-21)24-16-26(18-3-6-27-28(14-18)40-10-9-39-27)35(34-24)25-5-2-17-11-19(1-4-23(17)25)30(38)33-8-7-29(36)37/h1,3-4,6,11-16,25H,2,5,7-10H2,(H,33,38)(H,36,37). The Morgan fingerprint density at radius 3 is 2.50 bits per heavy atom. The zero-order valence-corrected chi connectivity index (χ0v) is 22.8. The molecule has 2 N–H and O–H groups in total. The number of carbonyl (C=O) groups excluding carboxylic acids is 1. The number of amides is 1. The highest BCUT2D eigenvalue weighted by molar-refractivity contribution is 6.35. The fourth-order valence-electron chi connectivity index (χ4n) is 5.27. The number of ether oxygens (including phenoxy) is 2. The number of halogens is 2. The molecule has 1 aliphatic carbocycles. The number of fused-ring (bicyclic) bond motifs is 2. The highest BCUT2D eigenvalue weighted by Gasteiger charge is 2.29. The smallest absolute Gasteiger partial charge is 0.305 e. The van der Waals surface area contributed by atoms with Gasteiger partial charge in [0.2, 0.25) is 0 Å². The molecule has 1 aliphatic heterocycles. The number of nitrogens with zero attached hydrogens (tertiary/aromatic N) is 2. The lowest BCUT2D eigenvalue weighted by Crippen LogP contribution is -2.26. The van der Waals surface area contributed by atoms with E-state index in [9.17, 15) is 9.59 Å². The number of carboxylic acid groups (broad SMARTS) is 1. The van der Waals surface area contributed by atoms with Gasteiger partial charge in [0.25, 0.3) is 5.91 Å². The topological polar surface area (TPSA) is 103 Å². The zero-order chi connectivity index (χ0) is 27.8. The van der Waals surface area contributed by atoms with Crippen molar-refractivity contribution in [2.45, 2.75) is 25.3 Å². The summed E-state index contributed by atoms with van der Waals surface area (Å²) >= 11 is 12.6. The van der Waals surface area contributed by atoms with Crippen LogP contribution < -0.4 is 14.8 Å². The van der Waals surface area contributed by atoms with Crippen molar-refractivity contribution in [1.29, 1.82) is 0 Å². The molecule has 0 saturated carbocycles. The second-order valence-electron chi connectivity index (χ2n) is 9.74. The van der Waals surface area contributed by atoms with Gasteiger partial charge in [-0.2, -0.15) is 5.10 Å². The van der Waals surface area contributed by atoms with Crippen LogP contribution in [0.3, 0.4) is 0 Å². The fraction of sp³-hybridized carbons (Fsp3) is 0.233.